The Labute approximate surface area is 154 Å². The molecule has 6 nitrogen and oxygen atoms in total. The minimum Gasteiger partial charge on any atom is -0.349 e. The summed E-state index contributed by atoms with van der Waals surface area (Å²) in [5, 5.41) is 0.511. The van der Waals surface area contributed by atoms with E-state index < -0.39 is 9.84 Å². The highest BCUT2D eigenvalue weighted by atomic mass is 32.2. The molecule has 7 heteroatoms. The Balaban J connectivity index is 1.52. The molecule has 1 fully saturated rings. The number of rotatable bonds is 4. The highest BCUT2D eigenvalue weighted by Gasteiger charge is 2.33. The zero-order valence-electron chi connectivity index (χ0n) is 15.2. The van der Waals surface area contributed by atoms with Gasteiger partial charge in [0.25, 0.3) is 0 Å². The molecule has 0 radical (unpaired) electrons. The van der Waals surface area contributed by atoms with Gasteiger partial charge in [-0.3, -0.25) is 4.90 Å². The fourth-order valence-corrected chi connectivity index (χ4v) is 5.81. The van der Waals surface area contributed by atoms with E-state index in [1.807, 2.05) is 53.7 Å². The molecule has 4 rings (SSSR count). The number of likely N-dealkylation sites (tertiary alicyclic amines) is 1. The second-order valence-electron chi connectivity index (χ2n) is 7.10. The van der Waals surface area contributed by atoms with Crippen LogP contribution in [-0.2, 0) is 30.5 Å². The summed E-state index contributed by atoms with van der Waals surface area (Å²) in [7, 11) is 0.556. The van der Waals surface area contributed by atoms with Crippen LogP contribution >= 0.6 is 0 Å². The number of aromatic nitrogens is 3. The smallest absolute Gasteiger partial charge is 0.183 e. The molecular weight excluding hydrogens is 348 g/mol. The minimum absolute atomic E-state index is 0.314. The van der Waals surface area contributed by atoms with Crippen molar-refractivity contribution in [2.75, 3.05) is 13.1 Å². The fraction of sp³-hybridized carbons (Fsp3) is 0.421. The average Bonchev–Trinajstić information content (AvgIpc) is 3.20. The molecule has 0 unspecified atom stereocenters. The van der Waals surface area contributed by atoms with Crippen LogP contribution in [0.4, 0.5) is 0 Å². The lowest BCUT2D eigenvalue weighted by atomic mass is 10.1. The van der Waals surface area contributed by atoms with Gasteiger partial charge in [-0.05, 0) is 32.0 Å². The van der Waals surface area contributed by atoms with Crippen LogP contribution in [0.1, 0.15) is 18.7 Å². The summed E-state index contributed by atoms with van der Waals surface area (Å²) in [5.74, 6) is 1.01. The predicted octanol–water partition coefficient (Wildman–Crippen LogP) is 2.35. The van der Waals surface area contributed by atoms with E-state index in [2.05, 4.69) is 9.88 Å². The van der Waals surface area contributed by atoms with E-state index in [0.717, 1.165) is 36.4 Å². The molecule has 0 atom stereocenters. The normalized spacial score (nSPS) is 17.2. The number of aryl methyl sites for hydroxylation is 2. The Kier molecular flexibility index (Phi) is 4.36. The number of para-hydroxylation sites is 1. The highest BCUT2D eigenvalue weighted by Crippen LogP contribution is 2.31. The van der Waals surface area contributed by atoms with Gasteiger partial charge < -0.3 is 9.13 Å². The summed E-state index contributed by atoms with van der Waals surface area (Å²) in [6.07, 6.45) is 6.83. The van der Waals surface area contributed by atoms with Crippen LogP contribution in [0.3, 0.4) is 0 Å². The van der Waals surface area contributed by atoms with Gasteiger partial charge in [-0.2, -0.15) is 0 Å². The maximum absolute atomic E-state index is 13.2. The third-order valence-electron chi connectivity index (χ3n) is 5.43. The molecule has 1 aromatic carbocycles. The monoisotopic (exact) mass is 372 g/mol. The van der Waals surface area contributed by atoms with E-state index in [-0.39, 0.29) is 5.25 Å². The van der Waals surface area contributed by atoms with E-state index in [1.165, 1.54) is 0 Å². The fourth-order valence-electron chi connectivity index (χ4n) is 3.84. The molecule has 0 amide bonds. The van der Waals surface area contributed by atoms with Crippen molar-refractivity contribution >= 4 is 20.7 Å². The third kappa shape index (κ3) is 2.95. The highest BCUT2D eigenvalue weighted by molar-refractivity contribution is 7.92. The van der Waals surface area contributed by atoms with Crippen molar-refractivity contribution in [3.8, 4) is 0 Å². The van der Waals surface area contributed by atoms with Gasteiger partial charge in [0.15, 0.2) is 9.84 Å². The molecule has 0 spiro atoms. The lowest BCUT2D eigenvalue weighted by Gasteiger charge is -2.31. The molecular formula is C19H24N4O2S. The number of fused-ring (bicyclic) bond motifs is 1. The zero-order valence-corrected chi connectivity index (χ0v) is 16.0. The number of hydrogen-bond acceptors (Lipinski definition) is 4. The van der Waals surface area contributed by atoms with Gasteiger partial charge in [0.05, 0.1) is 16.7 Å². The van der Waals surface area contributed by atoms with Crippen molar-refractivity contribution < 1.29 is 8.42 Å². The SMILES string of the molecule is Cn1ccnc1CN1CCC(S(=O)(=O)c2cn(C)c3ccccc23)CC1. The van der Waals surface area contributed by atoms with Crippen LogP contribution < -0.4 is 0 Å². The van der Waals surface area contributed by atoms with Crippen molar-refractivity contribution in [3.63, 3.8) is 0 Å². The summed E-state index contributed by atoms with van der Waals surface area (Å²) in [4.78, 5) is 7.12. The summed E-state index contributed by atoms with van der Waals surface area (Å²) in [6, 6.07) is 7.70. The van der Waals surface area contributed by atoms with Gasteiger partial charge in [-0.15, -0.1) is 0 Å². The molecule has 1 aliphatic heterocycles. The van der Waals surface area contributed by atoms with Crippen LogP contribution in [-0.4, -0.2) is 45.8 Å². The lowest BCUT2D eigenvalue weighted by molar-refractivity contribution is 0.215. The van der Waals surface area contributed by atoms with Gasteiger partial charge in [-0.1, -0.05) is 18.2 Å². The molecule has 138 valence electrons. The molecule has 3 heterocycles. The van der Waals surface area contributed by atoms with Gasteiger partial charge in [-0.25, -0.2) is 13.4 Å². The van der Waals surface area contributed by atoms with Crippen molar-refractivity contribution in [1.82, 2.24) is 19.0 Å². The summed E-state index contributed by atoms with van der Waals surface area (Å²) in [5.41, 5.74) is 0.957. The van der Waals surface area contributed by atoms with Crippen LogP contribution in [0.15, 0.2) is 47.8 Å². The second kappa shape index (κ2) is 6.55. The van der Waals surface area contributed by atoms with Crippen LogP contribution in [0.2, 0.25) is 0 Å². The number of piperidine rings is 1. The Bertz CT molecular complexity index is 1030. The van der Waals surface area contributed by atoms with E-state index in [1.54, 1.807) is 12.4 Å². The Morgan fingerprint density at radius 1 is 1.12 bits per heavy atom. The lowest BCUT2D eigenvalue weighted by Crippen LogP contribution is -2.39. The Morgan fingerprint density at radius 3 is 2.54 bits per heavy atom. The molecule has 0 aliphatic carbocycles. The van der Waals surface area contributed by atoms with Crippen LogP contribution in [0, 0.1) is 0 Å². The Morgan fingerprint density at radius 2 is 1.85 bits per heavy atom. The second-order valence-corrected chi connectivity index (χ2v) is 9.29. The number of imidazole rings is 1. The number of nitrogens with zero attached hydrogens (tertiary/aromatic N) is 4. The topological polar surface area (TPSA) is 60.1 Å². The number of hydrogen-bond donors (Lipinski definition) is 0. The average molecular weight is 372 g/mol. The first kappa shape index (κ1) is 17.3. The van der Waals surface area contributed by atoms with Gasteiger partial charge in [0, 0.05) is 43.6 Å². The first-order valence-electron chi connectivity index (χ1n) is 8.93. The van der Waals surface area contributed by atoms with Gasteiger partial charge in [0.2, 0.25) is 0 Å². The van der Waals surface area contributed by atoms with Crippen molar-refractivity contribution in [1.29, 1.82) is 0 Å². The van der Waals surface area contributed by atoms with Crippen molar-refractivity contribution in [3.05, 3.63) is 48.7 Å². The number of sulfone groups is 1. The molecule has 26 heavy (non-hydrogen) atoms. The van der Waals surface area contributed by atoms with E-state index in [4.69, 9.17) is 0 Å². The molecule has 1 aliphatic rings. The van der Waals surface area contributed by atoms with Crippen LogP contribution in [0.25, 0.3) is 10.9 Å². The standard InChI is InChI=1S/C19H24N4O2S/c1-21-12-9-20-19(21)14-23-10-7-15(8-11-23)26(24,25)18-13-22(2)17-6-4-3-5-16(17)18/h3-6,9,12-13,15H,7-8,10-11,14H2,1-2H3. The molecule has 2 aromatic heterocycles. The predicted molar refractivity (Wildman–Crippen MR) is 102 cm³/mol. The minimum atomic E-state index is -3.33. The van der Waals surface area contributed by atoms with Crippen molar-refractivity contribution in [2.24, 2.45) is 14.1 Å². The summed E-state index contributed by atoms with van der Waals surface area (Å²) < 4.78 is 30.4. The molecule has 3 aromatic rings. The van der Waals surface area contributed by atoms with E-state index >= 15 is 0 Å². The summed E-state index contributed by atoms with van der Waals surface area (Å²) in [6.45, 7) is 2.33. The van der Waals surface area contributed by atoms with Gasteiger partial charge in [0.1, 0.15) is 5.82 Å². The maximum atomic E-state index is 13.2. The van der Waals surface area contributed by atoms with E-state index in [9.17, 15) is 8.42 Å². The largest absolute Gasteiger partial charge is 0.349 e. The molecule has 0 saturated carbocycles. The zero-order chi connectivity index (χ0) is 18.3. The van der Waals surface area contributed by atoms with Crippen LogP contribution in [0.5, 0.6) is 0 Å². The third-order valence-corrected chi connectivity index (χ3v) is 7.71. The Hall–Kier alpha value is -2.12. The number of benzene rings is 1. The van der Waals surface area contributed by atoms with Gasteiger partial charge >= 0.3 is 0 Å². The first-order valence-corrected chi connectivity index (χ1v) is 10.5. The molecule has 1 saturated heterocycles. The first-order chi connectivity index (χ1) is 12.5. The molecule has 0 N–H and O–H groups in total. The molecule has 0 bridgehead atoms. The quantitative estimate of drug-likeness (QED) is 0.705. The summed E-state index contributed by atoms with van der Waals surface area (Å²) >= 11 is 0. The van der Waals surface area contributed by atoms with E-state index in [0.29, 0.717) is 17.7 Å². The van der Waals surface area contributed by atoms with Crippen molar-refractivity contribution in [2.45, 2.75) is 29.5 Å². The maximum Gasteiger partial charge on any atom is 0.183 e.